The van der Waals surface area contributed by atoms with Crippen LogP contribution in [-0.4, -0.2) is 41.4 Å². The van der Waals surface area contributed by atoms with Crippen LogP contribution in [0.15, 0.2) is 63.9 Å². The molecule has 1 fully saturated rings. The van der Waals surface area contributed by atoms with E-state index in [1.165, 1.54) is 12.8 Å². The lowest BCUT2D eigenvalue weighted by molar-refractivity contribution is 0.222. The Balaban J connectivity index is 1.57. The van der Waals surface area contributed by atoms with Gasteiger partial charge in [0.05, 0.1) is 12.1 Å². The van der Waals surface area contributed by atoms with E-state index >= 15 is 0 Å². The van der Waals surface area contributed by atoms with Crippen molar-refractivity contribution in [2.75, 3.05) is 11.9 Å². The number of imidazole rings is 1. The zero-order valence-electron chi connectivity index (χ0n) is 23.0. The number of rotatable bonds is 8. The van der Waals surface area contributed by atoms with E-state index in [-0.39, 0.29) is 18.3 Å². The molecular weight excluding hydrogens is 542 g/mol. The number of nitrogens with zero attached hydrogens (tertiary/aromatic N) is 5. The standard InChI is InChI=1S/C30H32ClN7O3/c1-18-11-13-19(14-12-18)16-38-24-23(20-7-6-10-22(31)15-20)32-26(27-35-29(40)41-37-27)33-25(24)34-28(38)36-30(2,17-39)21-8-4-3-5-9-21/h3-10,15,18-19,39H,11-14,16-17H2,1-2H3,(H,35,37,40)(H,32,33,34,36)/t18-,19-,30-/m0/s1. The average Bonchev–Trinajstić information content (AvgIpc) is 3.57. The summed E-state index contributed by atoms with van der Waals surface area (Å²) in [6, 6.07) is 17.2. The highest BCUT2D eigenvalue weighted by Gasteiger charge is 2.31. The number of nitrogens with one attached hydrogen (secondary N) is 2. The Hall–Kier alpha value is -4.02. The number of halogens is 1. The summed E-state index contributed by atoms with van der Waals surface area (Å²) >= 11 is 6.41. The third-order valence-corrected chi connectivity index (χ3v) is 8.28. The molecule has 0 unspecified atom stereocenters. The van der Waals surface area contributed by atoms with Crippen LogP contribution in [0.1, 0.15) is 45.1 Å². The molecular formula is C30H32ClN7O3. The zero-order chi connectivity index (χ0) is 28.6. The number of anilines is 1. The summed E-state index contributed by atoms with van der Waals surface area (Å²) in [4.78, 5) is 28.8. The van der Waals surface area contributed by atoms with Gasteiger partial charge in [-0.2, -0.15) is 4.98 Å². The first kappa shape index (κ1) is 27.2. The molecule has 10 nitrogen and oxygen atoms in total. The lowest BCUT2D eigenvalue weighted by atomic mass is 9.83. The second-order valence-electron chi connectivity index (χ2n) is 11.2. The molecule has 1 aliphatic carbocycles. The minimum atomic E-state index is -0.814. The van der Waals surface area contributed by atoms with Gasteiger partial charge in [0.15, 0.2) is 5.65 Å². The number of hydrogen-bond donors (Lipinski definition) is 3. The first-order chi connectivity index (χ1) is 19.8. The maximum absolute atomic E-state index is 11.7. The lowest BCUT2D eigenvalue weighted by Gasteiger charge is -2.31. The third-order valence-electron chi connectivity index (χ3n) is 8.04. The second-order valence-corrected chi connectivity index (χ2v) is 11.6. The SMILES string of the molecule is C[C@@](CO)(Nc1nc2nc(-c3noc(=O)[nH]3)nc(-c3cccc(Cl)c3)c2n1C[C@H]1CC[C@H](C)CC1)c1ccccc1. The molecule has 0 radical (unpaired) electrons. The van der Waals surface area contributed by atoms with Crippen molar-refractivity contribution >= 4 is 28.7 Å². The van der Waals surface area contributed by atoms with Crippen molar-refractivity contribution in [2.24, 2.45) is 11.8 Å². The van der Waals surface area contributed by atoms with Crippen LogP contribution in [0.3, 0.4) is 0 Å². The number of aliphatic hydroxyl groups excluding tert-OH is 1. The molecule has 3 heterocycles. The van der Waals surface area contributed by atoms with Gasteiger partial charge < -0.3 is 15.0 Å². The number of aromatic nitrogens is 6. The maximum atomic E-state index is 11.7. The second kappa shape index (κ2) is 11.1. The third kappa shape index (κ3) is 5.49. The smallest absolute Gasteiger partial charge is 0.394 e. The Morgan fingerprint density at radius 2 is 1.88 bits per heavy atom. The van der Waals surface area contributed by atoms with Gasteiger partial charge >= 0.3 is 5.76 Å². The van der Waals surface area contributed by atoms with E-state index in [2.05, 4.69) is 26.9 Å². The topological polar surface area (TPSA) is 135 Å². The Morgan fingerprint density at radius 1 is 1.10 bits per heavy atom. The van der Waals surface area contributed by atoms with Crippen molar-refractivity contribution in [3.05, 3.63) is 75.7 Å². The van der Waals surface area contributed by atoms with E-state index in [9.17, 15) is 9.90 Å². The predicted octanol–water partition coefficient (Wildman–Crippen LogP) is 5.64. The van der Waals surface area contributed by atoms with Gasteiger partial charge in [0.25, 0.3) is 0 Å². The summed E-state index contributed by atoms with van der Waals surface area (Å²) < 4.78 is 6.87. The first-order valence-corrected chi connectivity index (χ1v) is 14.3. The molecule has 0 spiro atoms. The minimum Gasteiger partial charge on any atom is -0.394 e. The van der Waals surface area contributed by atoms with Crippen LogP contribution < -0.4 is 11.1 Å². The molecule has 1 aliphatic rings. The molecule has 0 bridgehead atoms. The van der Waals surface area contributed by atoms with Crippen molar-refractivity contribution in [3.63, 3.8) is 0 Å². The van der Waals surface area contributed by atoms with E-state index in [0.29, 0.717) is 34.8 Å². The number of fused-ring (bicyclic) bond motifs is 1. The van der Waals surface area contributed by atoms with Crippen LogP contribution in [0.4, 0.5) is 5.95 Å². The Labute approximate surface area is 241 Å². The monoisotopic (exact) mass is 573 g/mol. The van der Waals surface area contributed by atoms with Crippen molar-refractivity contribution in [1.29, 1.82) is 0 Å². The van der Waals surface area contributed by atoms with Crippen LogP contribution in [0, 0.1) is 11.8 Å². The summed E-state index contributed by atoms with van der Waals surface area (Å²) in [6.07, 6.45) is 4.59. The molecule has 1 saturated carbocycles. The minimum absolute atomic E-state index is 0.106. The molecule has 1 atom stereocenters. The first-order valence-electron chi connectivity index (χ1n) is 13.9. The molecule has 3 aromatic heterocycles. The number of hydrogen-bond acceptors (Lipinski definition) is 8. The fourth-order valence-corrected chi connectivity index (χ4v) is 5.79. The van der Waals surface area contributed by atoms with Crippen molar-refractivity contribution in [1.82, 2.24) is 29.7 Å². The van der Waals surface area contributed by atoms with Crippen LogP contribution >= 0.6 is 11.6 Å². The van der Waals surface area contributed by atoms with Gasteiger partial charge in [-0.1, -0.05) is 79.0 Å². The van der Waals surface area contributed by atoms with Crippen LogP contribution in [0.5, 0.6) is 0 Å². The molecule has 0 aliphatic heterocycles. The van der Waals surface area contributed by atoms with E-state index < -0.39 is 11.3 Å². The quantitative estimate of drug-likeness (QED) is 0.217. The van der Waals surface area contributed by atoms with Gasteiger partial charge in [0, 0.05) is 17.1 Å². The molecule has 3 N–H and O–H groups in total. The molecule has 11 heteroatoms. The van der Waals surface area contributed by atoms with E-state index in [0.717, 1.165) is 35.4 Å². The average molecular weight is 574 g/mol. The molecule has 2 aromatic carbocycles. The van der Waals surface area contributed by atoms with E-state index in [1.807, 2.05) is 55.5 Å². The molecule has 0 amide bonds. The number of aromatic amines is 1. The fraction of sp³-hybridized carbons (Fsp3) is 0.367. The van der Waals surface area contributed by atoms with Crippen LogP contribution in [0.25, 0.3) is 34.1 Å². The molecule has 6 rings (SSSR count). The van der Waals surface area contributed by atoms with Gasteiger partial charge in [-0.05, 0) is 49.3 Å². The van der Waals surface area contributed by atoms with Gasteiger partial charge in [-0.15, -0.1) is 0 Å². The largest absolute Gasteiger partial charge is 0.439 e. The van der Waals surface area contributed by atoms with Crippen LogP contribution in [0.2, 0.25) is 5.02 Å². The Bertz CT molecular complexity index is 1720. The summed E-state index contributed by atoms with van der Waals surface area (Å²) in [5.41, 5.74) is 2.65. The number of benzene rings is 2. The highest BCUT2D eigenvalue weighted by molar-refractivity contribution is 6.30. The van der Waals surface area contributed by atoms with Gasteiger partial charge in [0.2, 0.25) is 17.6 Å². The highest BCUT2D eigenvalue weighted by Crippen LogP contribution is 2.37. The highest BCUT2D eigenvalue weighted by atomic mass is 35.5. The summed E-state index contributed by atoms with van der Waals surface area (Å²) in [5.74, 6) is 1.32. The molecule has 0 saturated heterocycles. The normalized spacial score (nSPS) is 18.8. The van der Waals surface area contributed by atoms with Crippen molar-refractivity contribution < 1.29 is 9.63 Å². The van der Waals surface area contributed by atoms with Crippen molar-refractivity contribution in [2.45, 2.75) is 51.6 Å². The predicted molar refractivity (Wildman–Crippen MR) is 158 cm³/mol. The lowest BCUT2D eigenvalue weighted by Crippen LogP contribution is -2.37. The van der Waals surface area contributed by atoms with Gasteiger partial charge in [-0.3, -0.25) is 9.51 Å². The maximum Gasteiger partial charge on any atom is 0.439 e. The van der Waals surface area contributed by atoms with Gasteiger partial charge in [-0.25, -0.2) is 14.8 Å². The molecule has 212 valence electrons. The van der Waals surface area contributed by atoms with Crippen LogP contribution in [-0.2, 0) is 12.1 Å². The zero-order valence-corrected chi connectivity index (χ0v) is 23.7. The number of H-pyrrole nitrogens is 1. The Morgan fingerprint density at radius 3 is 2.56 bits per heavy atom. The summed E-state index contributed by atoms with van der Waals surface area (Å²) in [6.45, 7) is 4.81. The molecule has 41 heavy (non-hydrogen) atoms. The number of aliphatic hydroxyl groups is 1. The van der Waals surface area contributed by atoms with Crippen molar-refractivity contribution in [3.8, 4) is 22.9 Å². The molecule has 5 aromatic rings. The fourth-order valence-electron chi connectivity index (χ4n) is 5.60. The van der Waals surface area contributed by atoms with E-state index in [4.69, 9.17) is 31.1 Å². The summed E-state index contributed by atoms with van der Waals surface area (Å²) in [5, 5.41) is 18.5. The Kier molecular flexibility index (Phi) is 7.35. The van der Waals surface area contributed by atoms with E-state index in [1.54, 1.807) is 6.07 Å². The summed E-state index contributed by atoms with van der Waals surface area (Å²) in [7, 11) is 0. The van der Waals surface area contributed by atoms with Gasteiger partial charge in [0.1, 0.15) is 11.2 Å².